The lowest BCUT2D eigenvalue weighted by Gasteiger charge is -2.21. The molecule has 21 heavy (non-hydrogen) atoms. The van der Waals surface area contributed by atoms with Crippen molar-refractivity contribution in [2.24, 2.45) is 0 Å². The maximum Gasteiger partial charge on any atom is 0.119 e. The molecule has 4 heteroatoms. The Morgan fingerprint density at radius 2 is 2.05 bits per heavy atom. The molecule has 1 heterocycles. The number of rotatable bonds is 2. The third-order valence-corrected chi connectivity index (χ3v) is 4.93. The summed E-state index contributed by atoms with van der Waals surface area (Å²) < 4.78 is 1.12. The van der Waals surface area contributed by atoms with Gasteiger partial charge in [-0.15, -0.1) is 0 Å². The minimum absolute atomic E-state index is 0.317. The Labute approximate surface area is 138 Å². The van der Waals surface area contributed by atoms with Crippen LogP contribution in [-0.2, 0) is 0 Å². The molecule has 0 saturated carbocycles. The first-order chi connectivity index (χ1) is 10.0. The highest BCUT2D eigenvalue weighted by atomic mass is 79.9. The van der Waals surface area contributed by atoms with Gasteiger partial charge < -0.3 is 10.0 Å². The lowest BCUT2D eigenvalue weighted by atomic mass is 9.97. The van der Waals surface area contributed by atoms with Crippen LogP contribution >= 0.6 is 27.5 Å². The van der Waals surface area contributed by atoms with Crippen molar-refractivity contribution in [2.45, 2.75) is 19.3 Å². The minimum atomic E-state index is 0.317. The number of aromatic hydroxyl groups is 1. The van der Waals surface area contributed by atoms with Crippen molar-refractivity contribution < 1.29 is 5.11 Å². The Bertz CT molecular complexity index is 674. The van der Waals surface area contributed by atoms with Crippen LogP contribution in [0.2, 0.25) is 5.02 Å². The lowest BCUT2D eigenvalue weighted by molar-refractivity contribution is 0.463. The van der Waals surface area contributed by atoms with Gasteiger partial charge in [-0.2, -0.15) is 0 Å². The zero-order chi connectivity index (χ0) is 15.0. The van der Waals surface area contributed by atoms with Crippen molar-refractivity contribution in [1.82, 2.24) is 0 Å². The third kappa shape index (κ3) is 3.04. The molecule has 1 unspecified atom stereocenters. The fourth-order valence-electron chi connectivity index (χ4n) is 2.95. The van der Waals surface area contributed by atoms with E-state index >= 15 is 0 Å². The van der Waals surface area contributed by atoms with Crippen molar-refractivity contribution >= 4 is 33.2 Å². The minimum Gasteiger partial charge on any atom is -0.508 e. The molecular weight excluding hydrogens is 350 g/mol. The molecule has 2 aromatic carbocycles. The van der Waals surface area contributed by atoms with Gasteiger partial charge >= 0.3 is 0 Å². The summed E-state index contributed by atoms with van der Waals surface area (Å²) in [4.78, 5) is 2.36. The molecule has 0 aromatic heterocycles. The molecule has 1 saturated heterocycles. The van der Waals surface area contributed by atoms with Crippen LogP contribution in [0, 0.1) is 6.92 Å². The van der Waals surface area contributed by atoms with E-state index in [-0.39, 0.29) is 0 Å². The fraction of sp³-hybridized carbons (Fsp3) is 0.294. The van der Waals surface area contributed by atoms with Crippen LogP contribution in [-0.4, -0.2) is 18.2 Å². The van der Waals surface area contributed by atoms with E-state index in [4.69, 9.17) is 11.6 Å². The molecule has 1 fully saturated rings. The summed E-state index contributed by atoms with van der Waals surface area (Å²) in [6, 6.07) is 11.7. The first-order valence-corrected chi connectivity index (χ1v) is 8.21. The average Bonchev–Trinajstić information content (AvgIpc) is 2.91. The summed E-state index contributed by atoms with van der Waals surface area (Å²) in [5.41, 5.74) is 3.41. The Hall–Kier alpha value is -1.19. The number of anilines is 1. The molecule has 1 atom stereocenters. The molecule has 0 amide bonds. The van der Waals surface area contributed by atoms with Gasteiger partial charge in [-0.05, 0) is 65.2 Å². The van der Waals surface area contributed by atoms with Crippen LogP contribution in [0.4, 0.5) is 5.69 Å². The van der Waals surface area contributed by atoms with Crippen LogP contribution in [0.25, 0.3) is 0 Å². The highest BCUT2D eigenvalue weighted by Gasteiger charge is 2.27. The van der Waals surface area contributed by atoms with Crippen molar-refractivity contribution in [2.75, 3.05) is 18.0 Å². The lowest BCUT2D eigenvalue weighted by Crippen LogP contribution is -2.19. The van der Waals surface area contributed by atoms with E-state index in [1.165, 1.54) is 11.3 Å². The monoisotopic (exact) mass is 365 g/mol. The zero-order valence-corrected chi connectivity index (χ0v) is 14.2. The van der Waals surface area contributed by atoms with E-state index in [0.717, 1.165) is 29.5 Å². The number of nitrogens with zero attached hydrogens (tertiary/aromatic N) is 1. The van der Waals surface area contributed by atoms with Crippen LogP contribution in [0.3, 0.4) is 0 Å². The molecule has 0 bridgehead atoms. The SMILES string of the molecule is Cc1ccc(N2CCC(c3cc(Cl)ccc3O)C2)c(Br)c1. The number of phenolic OH excluding ortho intramolecular Hbond substituents is 1. The maximum atomic E-state index is 10.1. The number of phenols is 1. The molecule has 2 aromatic rings. The van der Waals surface area contributed by atoms with Gasteiger partial charge in [0.05, 0.1) is 5.69 Å². The molecule has 0 spiro atoms. The highest BCUT2D eigenvalue weighted by Crippen LogP contribution is 2.38. The van der Waals surface area contributed by atoms with Gasteiger partial charge in [-0.3, -0.25) is 0 Å². The topological polar surface area (TPSA) is 23.5 Å². The largest absolute Gasteiger partial charge is 0.508 e. The first kappa shape index (κ1) is 14.7. The Balaban J connectivity index is 1.83. The predicted molar refractivity (Wildman–Crippen MR) is 91.6 cm³/mol. The molecule has 2 nitrogen and oxygen atoms in total. The van der Waals surface area contributed by atoms with Crippen LogP contribution in [0.15, 0.2) is 40.9 Å². The Kier molecular flexibility index (Phi) is 4.14. The Morgan fingerprint density at radius 1 is 1.24 bits per heavy atom. The summed E-state index contributed by atoms with van der Waals surface area (Å²) in [5, 5.41) is 10.7. The molecule has 1 N–H and O–H groups in total. The number of benzene rings is 2. The van der Waals surface area contributed by atoms with Crippen LogP contribution < -0.4 is 4.90 Å². The van der Waals surface area contributed by atoms with E-state index in [1.807, 2.05) is 6.07 Å². The van der Waals surface area contributed by atoms with Gasteiger partial charge in [-0.1, -0.05) is 17.7 Å². The fourth-order valence-corrected chi connectivity index (χ4v) is 3.88. The molecule has 3 rings (SSSR count). The van der Waals surface area contributed by atoms with Crippen LogP contribution in [0.5, 0.6) is 5.75 Å². The van der Waals surface area contributed by atoms with Gasteiger partial charge in [0.25, 0.3) is 0 Å². The Morgan fingerprint density at radius 3 is 2.81 bits per heavy atom. The number of hydrogen-bond acceptors (Lipinski definition) is 2. The molecule has 0 radical (unpaired) electrons. The second kappa shape index (κ2) is 5.90. The summed E-state index contributed by atoms with van der Waals surface area (Å²) in [5.74, 6) is 0.658. The third-order valence-electron chi connectivity index (χ3n) is 4.06. The van der Waals surface area contributed by atoms with Gasteiger partial charge in [0.2, 0.25) is 0 Å². The molecule has 1 aliphatic heterocycles. The van der Waals surface area contributed by atoms with E-state index in [0.29, 0.717) is 16.7 Å². The zero-order valence-electron chi connectivity index (χ0n) is 11.8. The molecular formula is C17H17BrClNO. The summed E-state index contributed by atoms with van der Waals surface area (Å²) in [6.07, 6.45) is 1.02. The second-order valence-electron chi connectivity index (χ2n) is 5.59. The first-order valence-electron chi connectivity index (χ1n) is 7.04. The van der Waals surface area contributed by atoms with E-state index in [2.05, 4.69) is 46.0 Å². The van der Waals surface area contributed by atoms with Gasteiger partial charge in [0, 0.05) is 34.1 Å². The normalized spacial score (nSPS) is 18.2. The number of aryl methyl sites for hydroxylation is 1. The molecule has 1 aliphatic rings. The summed E-state index contributed by atoms with van der Waals surface area (Å²) in [6.45, 7) is 3.97. The van der Waals surface area contributed by atoms with E-state index in [1.54, 1.807) is 12.1 Å². The number of hydrogen-bond donors (Lipinski definition) is 1. The van der Waals surface area contributed by atoms with E-state index in [9.17, 15) is 5.11 Å². The van der Waals surface area contributed by atoms with Gasteiger partial charge in [0.1, 0.15) is 5.75 Å². The second-order valence-corrected chi connectivity index (χ2v) is 6.88. The predicted octanol–water partition coefficient (Wildman–Crippen LogP) is 5.11. The molecule has 110 valence electrons. The molecule has 0 aliphatic carbocycles. The van der Waals surface area contributed by atoms with Crippen molar-refractivity contribution in [3.63, 3.8) is 0 Å². The van der Waals surface area contributed by atoms with Gasteiger partial charge in [-0.25, -0.2) is 0 Å². The standard InChI is InChI=1S/C17H17BrClNO/c1-11-2-4-16(15(18)8-11)20-7-6-12(10-20)14-9-13(19)3-5-17(14)21/h2-5,8-9,12,21H,6-7,10H2,1H3. The van der Waals surface area contributed by atoms with Crippen molar-refractivity contribution in [3.05, 3.63) is 57.0 Å². The summed E-state index contributed by atoms with van der Waals surface area (Å²) >= 11 is 9.71. The van der Waals surface area contributed by atoms with Crippen LogP contribution in [0.1, 0.15) is 23.5 Å². The van der Waals surface area contributed by atoms with E-state index < -0.39 is 0 Å². The number of halogens is 2. The van der Waals surface area contributed by atoms with Crippen molar-refractivity contribution in [1.29, 1.82) is 0 Å². The smallest absolute Gasteiger partial charge is 0.119 e. The van der Waals surface area contributed by atoms with Crippen molar-refractivity contribution in [3.8, 4) is 5.75 Å². The summed E-state index contributed by atoms with van der Waals surface area (Å²) in [7, 11) is 0. The average molecular weight is 367 g/mol. The highest BCUT2D eigenvalue weighted by molar-refractivity contribution is 9.10. The maximum absolute atomic E-state index is 10.1. The van der Waals surface area contributed by atoms with Gasteiger partial charge in [0.15, 0.2) is 0 Å². The quantitative estimate of drug-likeness (QED) is 0.798.